The maximum atomic E-state index is 12.3. The van der Waals surface area contributed by atoms with Crippen molar-refractivity contribution in [1.29, 1.82) is 0 Å². The molecular weight excluding hydrogens is 266 g/mol. The Kier molecular flexibility index (Phi) is 4.66. The zero-order valence-electron chi connectivity index (χ0n) is 10.9. The van der Waals surface area contributed by atoms with Crippen LogP contribution in [0.25, 0.3) is 0 Å². The average molecular weight is 284 g/mol. The van der Waals surface area contributed by atoms with Gasteiger partial charge in [-0.25, -0.2) is 0 Å². The standard InChI is InChI=1S/C14H18ClNO3/c1-19-13-5-4-11(15)7-10(13)8-14(18)16-6-2-3-12(16)9-17/h4-5,7,12,17H,2-3,6,8-9H2,1H3/t12-/m1/s1. The Morgan fingerprint density at radius 3 is 3.05 bits per heavy atom. The summed E-state index contributed by atoms with van der Waals surface area (Å²) in [5.74, 6) is 0.676. The fourth-order valence-corrected chi connectivity index (χ4v) is 2.70. The van der Waals surface area contributed by atoms with Gasteiger partial charge < -0.3 is 14.7 Å². The molecule has 1 heterocycles. The van der Waals surface area contributed by atoms with Crippen LogP contribution in [0.4, 0.5) is 0 Å². The van der Waals surface area contributed by atoms with Crippen molar-refractivity contribution < 1.29 is 14.6 Å². The molecule has 1 aromatic rings. The zero-order valence-corrected chi connectivity index (χ0v) is 11.7. The van der Waals surface area contributed by atoms with Crippen molar-refractivity contribution in [3.63, 3.8) is 0 Å². The minimum Gasteiger partial charge on any atom is -0.496 e. The fraction of sp³-hybridized carbons (Fsp3) is 0.500. The number of rotatable bonds is 4. The van der Waals surface area contributed by atoms with E-state index in [-0.39, 0.29) is 25.0 Å². The molecule has 19 heavy (non-hydrogen) atoms. The van der Waals surface area contributed by atoms with Crippen molar-refractivity contribution in [1.82, 2.24) is 4.90 Å². The number of carbonyl (C=O) groups is 1. The van der Waals surface area contributed by atoms with Crippen molar-refractivity contribution in [2.75, 3.05) is 20.3 Å². The van der Waals surface area contributed by atoms with E-state index in [1.54, 1.807) is 30.2 Å². The van der Waals surface area contributed by atoms with Crippen LogP contribution in [-0.2, 0) is 11.2 Å². The second-order valence-corrected chi connectivity index (χ2v) is 5.14. The number of ether oxygens (including phenoxy) is 1. The molecule has 1 aliphatic rings. The fourth-order valence-electron chi connectivity index (χ4n) is 2.50. The summed E-state index contributed by atoms with van der Waals surface area (Å²) < 4.78 is 5.24. The number of halogens is 1. The van der Waals surface area contributed by atoms with Crippen LogP contribution in [0, 0.1) is 0 Å². The van der Waals surface area contributed by atoms with Crippen LogP contribution in [0.1, 0.15) is 18.4 Å². The lowest BCUT2D eigenvalue weighted by Crippen LogP contribution is -2.38. The van der Waals surface area contributed by atoms with Gasteiger partial charge in [0.25, 0.3) is 0 Å². The minimum atomic E-state index is -0.0438. The van der Waals surface area contributed by atoms with Crippen LogP contribution in [0.2, 0.25) is 5.02 Å². The number of aliphatic hydroxyl groups excluding tert-OH is 1. The Hall–Kier alpha value is -1.26. The van der Waals surface area contributed by atoms with Crippen molar-refractivity contribution in [3.05, 3.63) is 28.8 Å². The minimum absolute atomic E-state index is 0.0112. The predicted octanol–water partition coefficient (Wildman–Crippen LogP) is 1.87. The molecule has 0 aliphatic carbocycles. The summed E-state index contributed by atoms with van der Waals surface area (Å²) in [6.07, 6.45) is 2.07. The maximum Gasteiger partial charge on any atom is 0.227 e. The highest BCUT2D eigenvalue weighted by molar-refractivity contribution is 6.30. The SMILES string of the molecule is COc1ccc(Cl)cc1CC(=O)N1CCC[C@@H]1CO. The predicted molar refractivity (Wildman–Crippen MR) is 73.5 cm³/mol. The van der Waals surface area contributed by atoms with E-state index in [4.69, 9.17) is 16.3 Å². The summed E-state index contributed by atoms with van der Waals surface area (Å²) in [4.78, 5) is 14.0. The lowest BCUT2D eigenvalue weighted by atomic mass is 10.1. The number of hydrogen-bond acceptors (Lipinski definition) is 3. The largest absolute Gasteiger partial charge is 0.496 e. The average Bonchev–Trinajstić information content (AvgIpc) is 2.87. The molecule has 4 nitrogen and oxygen atoms in total. The smallest absolute Gasteiger partial charge is 0.227 e. The molecule has 5 heteroatoms. The van der Waals surface area contributed by atoms with E-state index in [1.807, 2.05) is 0 Å². The van der Waals surface area contributed by atoms with E-state index in [0.717, 1.165) is 18.4 Å². The van der Waals surface area contributed by atoms with E-state index >= 15 is 0 Å². The van der Waals surface area contributed by atoms with Gasteiger partial charge in [-0.15, -0.1) is 0 Å². The summed E-state index contributed by atoms with van der Waals surface area (Å²) in [6, 6.07) is 5.21. The highest BCUT2D eigenvalue weighted by atomic mass is 35.5. The summed E-state index contributed by atoms with van der Waals surface area (Å²) in [5.41, 5.74) is 0.781. The highest BCUT2D eigenvalue weighted by Gasteiger charge is 2.28. The highest BCUT2D eigenvalue weighted by Crippen LogP contribution is 2.25. The normalized spacial score (nSPS) is 18.7. The van der Waals surface area contributed by atoms with E-state index in [9.17, 15) is 9.90 Å². The number of amides is 1. The molecule has 0 aromatic heterocycles. The molecule has 0 radical (unpaired) electrons. The summed E-state index contributed by atoms with van der Waals surface area (Å²) in [7, 11) is 1.57. The third kappa shape index (κ3) is 3.19. The van der Waals surface area contributed by atoms with E-state index in [2.05, 4.69) is 0 Å². The van der Waals surface area contributed by atoms with Crippen molar-refractivity contribution in [2.24, 2.45) is 0 Å². The number of benzene rings is 1. The zero-order chi connectivity index (χ0) is 13.8. The molecule has 2 rings (SSSR count). The summed E-state index contributed by atoms with van der Waals surface area (Å²) >= 11 is 5.95. The van der Waals surface area contributed by atoms with Crippen LogP contribution < -0.4 is 4.74 Å². The van der Waals surface area contributed by atoms with Gasteiger partial charge in [0.2, 0.25) is 5.91 Å². The summed E-state index contributed by atoms with van der Waals surface area (Å²) in [6.45, 7) is 0.741. The van der Waals surface area contributed by atoms with Gasteiger partial charge in [-0.3, -0.25) is 4.79 Å². The van der Waals surface area contributed by atoms with Crippen LogP contribution >= 0.6 is 11.6 Å². The van der Waals surface area contributed by atoms with Crippen LogP contribution in [0.5, 0.6) is 5.75 Å². The first-order valence-electron chi connectivity index (χ1n) is 6.38. The first kappa shape index (κ1) is 14.2. The first-order chi connectivity index (χ1) is 9.15. The Bertz CT molecular complexity index is 464. The van der Waals surface area contributed by atoms with E-state index < -0.39 is 0 Å². The molecule has 0 spiro atoms. The second kappa shape index (κ2) is 6.26. The lowest BCUT2D eigenvalue weighted by molar-refractivity contribution is -0.132. The van der Waals surface area contributed by atoms with Gasteiger partial charge in [-0.05, 0) is 31.0 Å². The van der Waals surface area contributed by atoms with Crippen molar-refractivity contribution in [3.8, 4) is 5.75 Å². The third-order valence-corrected chi connectivity index (χ3v) is 3.73. The number of likely N-dealkylation sites (tertiary alicyclic amines) is 1. The number of hydrogen-bond donors (Lipinski definition) is 1. The molecule has 0 saturated carbocycles. The lowest BCUT2D eigenvalue weighted by Gasteiger charge is -2.23. The molecule has 1 aliphatic heterocycles. The second-order valence-electron chi connectivity index (χ2n) is 4.70. The van der Waals surface area contributed by atoms with Crippen LogP contribution in [0.3, 0.4) is 0 Å². The molecule has 1 fully saturated rings. The Morgan fingerprint density at radius 2 is 2.37 bits per heavy atom. The molecule has 1 amide bonds. The Balaban J connectivity index is 2.12. The number of methoxy groups -OCH3 is 1. The molecular formula is C14H18ClNO3. The Labute approximate surface area is 117 Å². The van der Waals surface area contributed by atoms with Gasteiger partial charge in [-0.2, -0.15) is 0 Å². The van der Waals surface area contributed by atoms with Gasteiger partial charge >= 0.3 is 0 Å². The topological polar surface area (TPSA) is 49.8 Å². The molecule has 1 N–H and O–H groups in total. The van der Waals surface area contributed by atoms with Crippen molar-refractivity contribution in [2.45, 2.75) is 25.3 Å². The molecule has 1 saturated heterocycles. The van der Waals surface area contributed by atoms with Gasteiger partial charge in [0.15, 0.2) is 0 Å². The van der Waals surface area contributed by atoms with Crippen molar-refractivity contribution >= 4 is 17.5 Å². The number of aliphatic hydroxyl groups is 1. The molecule has 1 aromatic carbocycles. The first-order valence-corrected chi connectivity index (χ1v) is 6.76. The van der Waals surface area contributed by atoms with E-state index in [1.165, 1.54) is 0 Å². The summed E-state index contributed by atoms with van der Waals surface area (Å²) in [5, 5.41) is 9.84. The van der Waals surface area contributed by atoms with Gasteiger partial charge in [-0.1, -0.05) is 11.6 Å². The van der Waals surface area contributed by atoms with Gasteiger partial charge in [0.05, 0.1) is 26.2 Å². The molecule has 0 bridgehead atoms. The monoisotopic (exact) mass is 283 g/mol. The Morgan fingerprint density at radius 1 is 1.58 bits per heavy atom. The van der Waals surface area contributed by atoms with Crippen LogP contribution in [-0.4, -0.2) is 42.2 Å². The maximum absolute atomic E-state index is 12.3. The van der Waals surface area contributed by atoms with E-state index in [0.29, 0.717) is 17.3 Å². The molecule has 0 unspecified atom stereocenters. The van der Waals surface area contributed by atoms with Crippen LogP contribution in [0.15, 0.2) is 18.2 Å². The molecule has 1 atom stereocenters. The van der Waals surface area contributed by atoms with Gasteiger partial charge in [0.1, 0.15) is 5.75 Å². The van der Waals surface area contributed by atoms with Gasteiger partial charge in [0, 0.05) is 17.1 Å². The molecule has 104 valence electrons. The third-order valence-electron chi connectivity index (χ3n) is 3.49. The quantitative estimate of drug-likeness (QED) is 0.918. The number of carbonyl (C=O) groups excluding carboxylic acids is 1. The number of nitrogens with zero attached hydrogens (tertiary/aromatic N) is 1.